The van der Waals surface area contributed by atoms with Crippen molar-refractivity contribution in [1.82, 2.24) is 9.78 Å². The smallest absolute Gasteiger partial charge is 0.145 e. The summed E-state index contributed by atoms with van der Waals surface area (Å²) < 4.78 is 8.93. The van der Waals surface area contributed by atoms with Crippen LogP contribution in [0.3, 0.4) is 0 Å². The van der Waals surface area contributed by atoms with Crippen molar-refractivity contribution in [2.45, 2.75) is 26.2 Å². The molecule has 0 fully saturated rings. The van der Waals surface area contributed by atoms with Crippen molar-refractivity contribution >= 4 is 21.7 Å². The quantitative estimate of drug-likeness (QED) is 0.620. The van der Waals surface area contributed by atoms with Crippen LogP contribution in [0.2, 0.25) is 0 Å². The third kappa shape index (κ3) is 3.23. The van der Waals surface area contributed by atoms with Crippen molar-refractivity contribution < 1.29 is 4.74 Å². The minimum absolute atomic E-state index is 0.631. The van der Waals surface area contributed by atoms with Gasteiger partial charge < -0.3 is 10.1 Å². The second kappa shape index (κ2) is 7.54. The van der Waals surface area contributed by atoms with E-state index in [1.807, 2.05) is 35.9 Å². The van der Waals surface area contributed by atoms with E-state index in [2.05, 4.69) is 45.5 Å². The number of benzene rings is 2. The molecule has 2 aromatic carbocycles. The lowest BCUT2D eigenvalue weighted by Gasteiger charge is -2.13. The third-order valence-corrected chi connectivity index (χ3v) is 5.11. The first-order chi connectivity index (χ1) is 12.8. The highest BCUT2D eigenvalue weighted by molar-refractivity contribution is 9.10. The molecular formula is C21H22BrN3O. The van der Waals surface area contributed by atoms with Gasteiger partial charge in [0.05, 0.1) is 12.3 Å². The van der Waals surface area contributed by atoms with E-state index < -0.39 is 0 Å². The Hall–Kier alpha value is -2.27. The number of nitrogens with one attached hydrogen (secondary N) is 1. The normalized spacial score (nSPS) is 13.6. The molecule has 0 bridgehead atoms. The van der Waals surface area contributed by atoms with Crippen LogP contribution in [0.4, 0.5) is 5.82 Å². The van der Waals surface area contributed by atoms with Crippen LogP contribution in [-0.2, 0) is 6.42 Å². The highest BCUT2D eigenvalue weighted by Gasteiger charge is 2.23. The SMILES string of the molecule is CCOc1ccccc1-n1nc(-c2cccc(Br)c2)c2c1NCCCC2. The van der Waals surface area contributed by atoms with Gasteiger partial charge in [-0.25, -0.2) is 4.68 Å². The molecule has 134 valence electrons. The molecule has 2 heterocycles. The van der Waals surface area contributed by atoms with Crippen LogP contribution in [0, 0.1) is 0 Å². The van der Waals surface area contributed by atoms with Crippen LogP contribution in [0.1, 0.15) is 25.3 Å². The summed E-state index contributed by atoms with van der Waals surface area (Å²) in [5.41, 5.74) is 4.43. The molecule has 26 heavy (non-hydrogen) atoms. The maximum atomic E-state index is 5.85. The zero-order valence-electron chi connectivity index (χ0n) is 14.8. The first-order valence-electron chi connectivity index (χ1n) is 9.12. The van der Waals surface area contributed by atoms with E-state index in [0.29, 0.717) is 6.61 Å². The van der Waals surface area contributed by atoms with Gasteiger partial charge in [-0.2, -0.15) is 5.10 Å². The van der Waals surface area contributed by atoms with Gasteiger partial charge >= 0.3 is 0 Å². The maximum absolute atomic E-state index is 5.85. The number of aromatic nitrogens is 2. The van der Waals surface area contributed by atoms with Crippen molar-refractivity contribution in [1.29, 1.82) is 0 Å². The number of anilines is 1. The monoisotopic (exact) mass is 411 g/mol. The number of hydrogen-bond acceptors (Lipinski definition) is 3. The van der Waals surface area contributed by atoms with Crippen molar-refractivity contribution in [2.75, 3.05) is 18.5 Å². The number of fused-ring (bicyclic) bond motifs is 1. The van der Waals surface area contributed by atoms with Crippen LogP contribution in [0.15, 0.2) is 53.0 Å². The van der Waals surface area contributed by atoms with Gasteiger partial charge in [0.1, 0.15) is 17.3 Å². The van der Waals surface area contributed by atoms with Gasteiger partial charge in [0.2, 0.25) is 0 Å². The van der Waals surface area contributed by atoms with Crippen LogP contribution >= 0.6 is 15.9 Å². The highest BCUT2D eigenvalue weighted by atomic mass is 79.9. The Balaban J connectivity index is 1.91. The first-order valence-corrected chi connectivity index (χ1v) is 9.91. The number of rotatable bonds is 4. The average Bonchev–Trinajstić information content (AvgIpc) is 2.84. The number of halogens is 1. The van der Waals surface area contributed by atoms with E-state index in [0.717, 1.165) is 46.0 Å². The molecule has 1 aliphatic heterocycles. The lowest BCUT2D eigenvalue weighted by molar-refractivity contribution is 0.338. The molecule has 3 aromatic rings. The zero-order chi connectivity index (χ0) is 17.9. The third-order valence-electron chi connectivity index (χ3n) is 4.62. The molecule has 0 radical (unpaired) electrons. The number of nitrogens with zero attached hydrogens (tertiary/aromatic N) is 2. The molecule has 5 heteroatoms. The number of ether oxygens (including phenoxy) is 1. The van der Waals surface area contributed by atoms with E-state index in [4.69, 9.17) is 9.84 Å². The van der Waals surface area contributed by atoms with Crippen LogP contribution in [0.5, 0.6) is 5.75 Å². The Morgan fingerprint density at radius 2 is 2.04 bits per heavy atom. The molecule has 0 amide bonds. The van der Waals surface area contributed by atoms with Gasteiger partial charge in [0.15, 0.2) is 0 Å². The lowest BCUT2D eigenvalue weighted by Crippen LogP contribution is -2.08. The fraction of sp³-hybridized carbons (Fsp3) is 0.286. The Morgan fingerprint density at radius 3 is 2.88 bits per heavy atom. The van der Waals surface area contributed by atoms with Gasteiger partial charge in [-0.15, -0.1) is 0 Å². The van der Waals surface area contributed by atoms with Gasteiger partial charge in [-0.1, -0.05) is 40.2 Å². The molecule has 0 saturated carbocycles. The molecule has 0 saturated heterocycles. The largest absolute Gasteiger partial charge is 0.492 e. The van der Waals surface area contributed by atoms with Crippen LogP contribution in [-0.4, -0.2) is 22.9 Å². The summed E-state index contributed by atoms with van der Waals surface area (Å²) >= 11 is 3.58. The fourth-order valence-corrected chi connectivity index (χ4v) is 3.85. The summed E-state index contributed by atoms with van der Waals surface area (Å²) in [7, 11) is 0. The Kier molecular flexibility index (Phi) is 4.98. The molecule has 0 spiro atoms. The standard InChI is InChI=1S/C21H22BrN3O/c1-2-26-19-12-4-3-11-18(19)25-21-17(10-5-6-13-23-21)20(24-25)15-8-7-9-16(22)14-15/h3-4,7-9,11-12,14,23H,2,5-6,10,13H2,1H3. The summed E-state index contributed by atoms with van der Waals surface area (Å²) in [5.74, 6) is 1.94. The lowest BCUT2D eigenvalue weighted by atomic mass is 10.0. The van der Waals surface area contributed by atoms with Gasteiger partial charge in [0, 0.05) is 22.1 Å². The predicted molar refractivity (Wildman–Crippen MR) is 109 cm³/mol. The fourth-order valence-electron chi connectivity index (χ4n) is 3.45. The summed E-state index contributed by atoms with van der Waals surface area (Å²) in [4.78, 5) is 0. The summed E-state index contributed by atoms with van der Waals surface area (Å²) in [6.07, 6.45) is 3.36. The summed E-state index contributed by atoms with van der Waals surface area (Å²) in [6, 6.07) is 16.5. The predicted octanol–water partition coefficient (Wildman–Crippen LogP) is 5.45. The van der Waals surface area contributed by atoms with E-state index in [1.165, 1.54) is 18.4 Å². The number of hydrogen-bond donors (Lipinski definition) is 1. The number of para-hydroxylation sites is 2. The van der Waals surface area contributed by atoms with E-state index in [9.17, 15) is 0 Å². The minimum atomic E-state index is 0.631. The molecule has 0 atom stereocenters. The van der Waals surface area contributed by atoms with Gasteiger partial charge in [-0.05, 0) is 50.5 Å². The van der Waals surface area contributed by atoms with E-state index in [1.54, 1.807) is 0 Å². The molecule has 1 aromatic heterocycles. The molecule has 1 N–H and O–H groups in total. The van der Waals surface area contributed by atoms with Crippen molar-refractivity contribution in [3.63, 3.8) is 0 Å². The summed E-state index contributed by atoms with van der Waals surface area (Å²) in [6.45, 7) is 3.60. The van der Waals surface area contributed by atoms with Crippen LogP contribution in [0.25, 0.3) is 16.9 Å². The Morgan fingerprint density at radius 1 is 1.15 bits per heavy atom. The molecule has 4 nitrogen and oxygen atoms in total. The van der Waals surface area contributed by atoms with E-state index in [-0.39, 0.29) is 0 Å². The Labute approximate surface area is 162 Å². The summed E-state index contributed by atoms with van der Waals surface area (Å²) in [5, 5.41) is 8.61. The topological polar surface area (TPSA) is 39.1 Å². The molecular weight excluding hydrogens is 390 g/mol. The Bertz CT molecular complexity index is 919. The first kappa shape index (κ1) is 17.2. The minimum Gasteiger partial charge on any atom is -0.492 e. The molecule has 0 aliphatic carbocycles. The molecule has 1 aliphatic rings. The maximum Gasteiger partial charge on any atom is 0.145 e. The van der Waals surface area contributed by atoms with Crippen molar-refractivity contribution in [3.05, 3.63) is 58.6 Å². The highest BCUT2D eigenvalue weighted by Crippen LogP contribution is 2.36. The second-order valence-electron chi connectivity index (χ2n) is 6.38. The van der Waals surface area contributed by atoms with Gasteiger partial charge in [-0.3, -0.25) is 0 Å². The van der Waals surface area contributed by atoms with Gasteiger partial charge in [0.25, 0.3) is 0 Å². The van der Waals surface area contributed by atoms with Crippen molar-refractivity contribution in [3.8, 4) is 22.7 Å². The molecule has 4 rings (SSSR count). The average molecular weight is 412 g/mol. The zero-order valence-corrected chi connectivity index (χ0v) is 16.4. The van der Waals surface area contributed by atoms with Crippen LogP contribution < -0.4 is 10.1 Å². The van der Waals surface area contributed by atoms with E-state index >= 15 is 0 Å². The second-order valence-corrected chi connectivity index (χ2v) is 7.30. The molecule has 0 unspecified atom stereocenters. The van der Waals surface area contributed by atoms with Crippen molar-refractivity contribution in [2.24, 2.45) is 0 Å².